The first kappa shape index (κ1) is 19.6. The first-order valence-electron chi connectivity index (χ1n) is 8.56. The number of nitrogens with one attached hydrogen (secondary N) is 1. The zero-order chi connectivity index (χ0) is 21.6. The van der Waals surface area contributed by atoms with Crippen LogP contribution in [0.25, 0.3) is 22.6 Å². The summed E-state index contributed by atoms with van der Waals surface area (Å²) in [5, 5.41) is 2.12. The van der Waals surface area contributed by atoms with Gasteiger partial charge in [-0.2, -0.15) is 0 Å². The Labute approximate surface area is 166 Å². The average Bonchev–Trinajstić information content (AvgIpc) is 3.14. The molecule has 9 heteroatoms. The molecule has 0 atom stereocenters. The SMILES string of the molecule is Cc1ccc2oc(-c3cccc(NC(=O)c4c(F)c(F)c(F)c(F)c4F)c3)nc2c1. The van der Waals surface area contributed by atoms with E-state index >= 15 is 0 Å². The molecule has 4 nitrogen and oxygen atoms in total. The third-order valence-electron chi connectivity index (χ3n) is 4.35. The van der Waals surface area contributed by atoms with Crippen molar-refractivity contribution in [3.8, 4) is 11.5 Å². The highest BCUT2D eigenvalue weighted by Gasteiger charge is 2.29. The molecule has 0 bridgehead atoms. The second-order valence-corrected chi connectivity index (χ2v) is 6.47. The predicted octanol–water partition coefficient (Wildman–Crippen LogP) is 5.75. The standard InChI is InChI=1S/C21H11F5N2O2/c1-9-5-6-13-12(7-9)28-21(30-13)10-3-2-4-11(8-10)27-20(29)14-15(22)17(24)19(26)18(25)16(14)23/h2-8H,1H3,(H,27,29). The van der Waals surface area contributed by atoms with Gasteiger partial charge in [0.05, 0.1) is 0 Å². The molecule has 0 fully saturated rings. The summed E-state index contributed by atoms with van der Waals surface area (Å²) in [5.41, 5.74) is 1.02. The lowest BCUT2D eigenvalue weighted by Crippen LogP contribution is -2.19. The summed E-state index contributed by atoms with van der Waals surface area (Å²) >= 11 is 0. The van der Waals surface area contributed by atoms with E-state index in [0.717, 1.165) is 5.56 Å². The van der Waals surface area contributed by atoms with Crippen LogP contribution in [0.2, 0.25) is 0 Å². The molecule has 3 aromatic carbocycles. The van der Waals surface area contributed by atoms with Crippen molar-refractivity contribution in [2.24, 2.45) is 0 Å². The molecule has 0 aliphatic carbocycles. The number of fused-ring (bicyclic) bond motifs is 1. The van der Waals surface area contributed by atoms with Gasteiger partial charge in [0.1, 0.15) is 11.1 Å². The number of aryl methyl sites for hydroxylation is 1. The summed E-state index contributed by atoms with van der Waals surface area (Å²) in [4.78, 5) is 16.6. The number of carbonyl (C=O) groups excluding carboxylic acids is 1. The number of anilines is 1. The number of halogens is 5. The maximum absolute atomic E-state index is 13.8. The lowest BCUT2D eigenvalue weighted by molar-refractivity contribution is 0.101. The quantitative estimate of drug-likeness (QED) is 0.262. The highest BCUT2D eigenvalue weighted by molar-refractivity contribution is 6.05. The first-order valence-corrected chi connectivity index (χ1v) is 8.56. The van der Waals surface area contributed by atoms with Gasteiger partial charge in [0, 0.05) is 11.3 Å². The molecule has 1 N–H and O–H groups in total. The van der Waals surface area contributed by atoms with Gasteiger partial charge in [0.15, 0.2) is 28.9 Å². The van der Waals surface area contributed by atoms with E-state index in [1.54, 1.807) is 12.1 Å². The van der Waals surface area contributed by atoms with Crippen molar-refractivity contribution in [2.75, 3.05) is 5.32 Å². The Morgan fingerprint density at radius 1 is 0.900 bits per heavy atom. The number of nitrogens with zero attached hydrogens (tertiary/aromatic N) is 1. The van der Waals surface area contributed by atoms with Crippen LogP contribution in [0.1, 0.15) is 15.9 Å². The van der Waals surface area contributed by atoms with Gasteiger partial charge in [0.25, 0.3) is 5.91 Å². The van der Waals surface area contributed by atoms with Crippen LogP contribution in [0.5, 0.6) is 0 Å². The van der Waals surface area contributed by atoms with Gasteiger partial charge in [0.2, 0.25) is 11.7 Å². The summed E-state index contributed by atoms with van der Waals surface area (Å²) < 4.78 is 73.2. The minimum atomic E-state index is -2.34. The molecule has 0 aliphatic rings. The molecule has 1 heterocycles. The van der Waals surface area contributed by atoms with E-state index in [1.807, 2.05) is 19.1 Å². The van der Waals surface area contributed by atoms with Crippen molar-refractivity contribution in [1.29, 1.82) is 0 Å². The average molecular weight is 418 g/mol. The summed E-state index contributed by atoms with van der Waals surface area (Å²) in [7, 11) is 0. The Kier molecular flexibility index (Phi) is 4.73. The van der Waals surface area contributed by atoms with Gasteiger partial charge in [-0.1, -0.05) is 12.1 Å². The maximum atomic E-state index is 13.8. The van der Waals surface area contributed by atoms with Crippen LogP contribution >= 0.6 is 0 Å². The van der Waals surface area contributed by atoms with E-state index in [4.69, 9.17) is 4.42 Å². The van der Waals surface area contributed by atoms with Gasteiger partial charge >= 0.3 is 0 Å². The number of hydrogen-bond acceptors (Lipinski definition) is 3. The second kappa shape index (κ2) is 7.25. The zero-order valence-corrected chi connectivity index (χ0v) is 15.2. The van der Waals surface area contributed by atoms with Crippen molar-refractivity contribution in [3.05, 3.63) is 82.7 Å². The zero-order valence-electron chi connectivity index (χ0n) is 15.2. The molecule has 152 valence electrons. The van der Waals surface area contributed by atoms with Gasteiger partial charge in [-0.05, 0) is 42.8 Å². The number of carbonyl (C=O) groups is 1. The number of aromatic nitrogens is 1. The van der Waals surface area contributed by atoms with Gasteiger partial charge < -0.3 is 9.73 Å². The van der Waals surface area contributed by atoms with Gasteiger partial charge in [-0.15, -0.1) is 0 Å². The van der Waals surface area contributed by atoms with Crippen LogP contribution in [-0.4, -0.2) is 10.9 Å². The third kappa shape index (κ3) is 3.28. The van der Waals surface area contributed by atoms with Crippen LogP contribution in [-0.2, 0) is 0 Å². The molecule has 4 rings (SSSR count). The van der Waals surface area contributed by atoms with Crippen molar-refractivity contribution in [1.82, 2.24) is 4.98 Å². The fourth-order valence-corrected chi connectivity index (χ4v) is 2.89. The van der Waals surface area contributed by atoms with E-state index in [2.05, 4.69) is 10.3 Å². The van der Waals surface area contributed by atoms with E-state index < -0.39 is 40.6 Å². The number of amides is 1. The smallest absolute Gasteiger partial charge is 0.261 e. The lowest BCUT2D eigenvalue weighted by atomic mass is 10.1. The van der Waals surface area contributed by atoms with E-state index in [-0.39, 0.29) is 11.6 Å². The molecule has 1 amide bonds. The van der Waals surface area contributed by atoms with E-state index in [0.29, 0.717) is 16.7 Å². The normalized spacial score (nSPS) is 11.1. The Morgan fingerprint density at radius 2 is 1.57 bits per heavy atom. The van der Waals surface area contributed by atoms with Crippen molar-refractivity contribution < 1.29 is 31.2 Å². The molecule has 0 saturated heterocycles. The summed E-state index contributed by atoms with van der Waals surface area (Å²) in [5.74, 6) is -12.4. The Hall–Kier alpha value is -3.75. The Morgan fingerprint density at radius 3 is 2.27 bits per heavy atom. The molecule has 0 spiro atoms. The summed E-state index contributed by atoms with van der Waals surface area (Å²) in [6.07, 6.45) is 0. The van der Waals surface area contributed by atoms with Gasteiger partial charge in [-0.25, -0.2) is 26.9 Å². The number of oxazole rings is 1. The van der Waals surface area contributed by atoms with E-state index in [9.17, 15) is 26.7 Å². The summed E-state index contributed by atoms with van der Waals surface area (Å²) in [6.45, 7) is 1.89. The molecule has 0 unspecified atom stereocenters. The monoisotopic (exact) mass is 418 g/mol. The highest BCUT2D eigenvalue weighted by atomic mass is 19.2. The minimum absolute atomic E-state index is 0.0416. The molecule has 30 heavy (non-hydrogen) atoms. The first-order chi connectivity index (χ1) is 14.3. The predicted molar refractivity (Wildman–Crippen MR) is 98.4 cm³/mol. The van der Waals surface area contributed by atoms with Crippen molar-refractivity contribution >= 4 is 22.7 Å². The van der Waals surface area contributed by atoms with Crippen LogP contribution < -0.4 is 5.32 Å². The van der Waals surface area contributed by atoms with Crippen LogP contribution in [0, 0.1) is 36.0 Å². The molecule has 0 saturated carbocycles. The molecular weight excluding hydrogens is 407 g/mol. The minimum Gasteiger partial charge on any atom is -0.436 e. The second-order valence-electron chi connectivity index (χ2n) is 6.47. The molecule has 4 aromatic rings. The summed E-state index contributed by atoms with van der Waals surface area (Å²) in [6, 6.07) is 11.3. The number of hydrogen-bond donors (Lipinski definition) is 1. The van der Waals surface area contributed by atoms with Crippen molar-refractivity contribution in [3.63, 3.8) is 0 Å². The van der Waals surface area contributed by atoms with E-state index in [1.165, 1.54) is 18.2 Å². The van der Waals surface area contributed by atoms with Crippen LogP contribution in [0.4, 0.5) is 27.6 Å². The lowest BCUT2D eigenvalue weighted by Gasteiger charge is -2.09. The molecular formula is C21H11F5N2O2. The number of rotatable bonds is 3. The molecule has 1 aromatic heterocycles. The van der Waals surface area contributed by atoms with Gasteiger partial charge in [-0.3, -0.25) is 4.79 Å². The maximum Gasteiger partial charge on any atom is 0.261 e. The fourth-order valence-electron chi connectivity index (χ4n) is 2.89. The largest absolute Gasteiger partial charge is 0.436 e. The topological polar surface area (TPSA) is 55.1 Å². The molecule has 0 radical (unpaired) electrons. The Bertz CT molecular complexity index is 1290. The third-order valence-corrected chi connectivity index (χ3v) is 4.35. The van der Waals surface area contributed by atoms with Crippen LogP contribution in [0.15, 0.2) is 46.9 Å². The van der Waals surface area contributed by atoms with Crippen LogP contribution in [0.3, 0.4) is 0 Å². The molecule has 0 aliphatic heterocycles. The fraction of sp³-hybridized carbons (Fsp3) is 0.0476. The highest BCUT2D eigenvalue weighted by Crippen LogP contribution is 2.28. The number of benzene rings is 3. The van der Waals surface area contributed by atoms with Crippen molar-refractivity contribution in [2.45, 2.75) is 6.92 Å². The Balaban J connectivity index is 1.68.